The Morgan fingerprint density at radius 2 is 1.89 bits per heavy atom. The van der Waals surface area contributed by atoms with Crippen molar-refractivity contribution in [3.63, 3.8) is 0 Å². The van der Waals surface area contributed by atoms with Gasteiger partial charge in [0.15, 0.2) is 9.84 Å². The molecule has 110 valence electrons. The Morgan fingerprint density at radius 3 is 2.47 bits per heavy atom. The second kappa shape index (κ2) is 6.22. The van der Waals surface area contributed by atoms with Crippen LogP contribution in [-0.4, -0.2) is 56.4 Å². The Labute approximate surface area is 115 Å². The summed E-state index contributed by atoms with van der Waals surface area (Å²) in [6.45, 7) is 0.376. The lowest BCUT2D eigenvalue weighted by Gasteiger charge is -2.30. The van der Waals surface area contributed by atoms with Crippen LogP contribution in [-0.2, 0) is 14.6 Å². The van der Waals surface area contributed by atoms with E-state index in [0.29, 0.717) is 19.0 Å². The van der Waals surface area contributed by atoms with Crippen LogP contribution >= 0.6 is 0 Å². The smallest absolute Gasteiger partial charge is 0.234 e. The second-order valence-electron chi connectivity index (χ2n) is 5.87. The molecule has 1 aliphatic heterocycles. The summed E-state index contributed by atoms with van der Waals surface area (Å²) in [7, 11) is -0.931. The summed E-state index contributed by atoms with van der Waals surface area (Å²) in [5.41, 5.74) is 0. The van der Waals surface area contributed by atoms with E-state index < -0.39 is 9.84 Å². The first-order valence-electron chi connectivity index (χ1n) is 7.16. The molecular formula is C13H24N2O3S. The zero-order valence-corrected chi connectivity index (χ0v) is 12.4. The standard InChI is InChI=1S/C13H24N2O3S/c1-15(12-5-3-2-4-6-12)9-13(16)14-11-7-8-19(17,18)10-11/h11-12H,2-10H2,1H3,(H,14,16)/t11-/m1/s1. The number of likely N-dealkylation sites (N-methyl/N-ethyl adjacent to an activating group) is 1. The van der Waals surface area contributed by atoms with Gasteiger partial charge in [-0.15, -0.1) is 0 Å². The molecule has 1 heterocycles. The molecule has 2 aliphatic rings. The molecule has 0 unspecified atom stereocenters. The topological polar surface area (TPSA) is 66.5 Å². The summed E-state index contributed by atoms with van der Waals surface area (Å²) in [4.78, 5) is 14.0. The Kier molecular flexibility index (Phi) is 4.84. The maximum atomic E-state index is 11.9. The molecule has 2 rings (SSSR count). The number of hydrogen-bond acceptors (Lipinski definition) is 4. The summed E-state index contributed by atoms with van der Waals surface area (Å²) in [5.74, 6) is 0.262. The maximum Gasteiger partial charge on any atom is 0.234 e. The highest BCUT2D eigenvalue weighted by Crippen LogP contribution is 2.21. The van der Waals surface area contributed by atoms with Crippen molar-refractivity contribution in [3.05, 3.63) is 0 Å². The molecule has 1 aliphatic carbocycles. The number of sulfone groups is 1. The second-order valence-corrected chi connectivity index (χ2v) is 8.10. The predicted octanol–water partition coefficient (Wildman–Crippen LogP) is 0.554. The summed E-state index contributed by atoms with van der Waals surface area (Å²) in [6, 6.07) is 0.323. The minimum Gasteiger partial charge on any atom is -0.351 e. The van der Waals surface area contributed by atoms with Crippen molar-refractivity contribution < 1.29 is 13.2 Å². The van der Waals surface area contributed by atoms with Gasteiger partial charge in [0.2, 0.25) is 5.91 Å². The molecule has 5 nitrogen and oxygen atoms in total. The van der Waals surface area contributed by atoms with Crippen LogP contribution in [0.5, 0.6) is 0 Å². The van der Waals surface area contributed by atoms with Gasteiger partial charge in [0.1, 0.15) is 0 Å². The number of nitrogens with one attached hydrogen (secondary N) is 1. The van der Waals surface area contributed by atoms with Crippen molar-refractivity contribution in [2.24, 2.45) is 0 Å². The van der Waals surface area contributed by atoms with Gasteiger partial charge >= 0.3 is 0 Å². The number of nitrogens with zero attached hydrogens (tertiary/aromatic N) is 1. The lowest BCUT2D eigenvalue weighted by atomic mass is 9.94. The van der Waals surface area contributed by atoms with E-state index in [1.165, 1.54) is 32.1 Å². The highest BCUT2D eigenvalue weighted by atomic mass is 32.2. The van der Waals surface area contributed by atoms with Crippen LogP contribution in [0.15, 0.2) is 0 Å². The van der Waals surface area contributed by atoms with Crippen molar-refractivity contribution in [1.82, 2.24) is 10.2 Å². The van der Waals surface area contributed by atoms with Gasteiger partial charge in [-0.1, -0.05) is 19.3 Å². The van der Waals surface area contributed by atoms with E-state index in [2.05, 4.69) is 10.2 Å². The van der Waals surface area contributed by atoms with Crippen LogP contribution in [0.2, 0.25) is 0 Å². The van der Waals surface area contributed by atoms with Gasteiger partial charge < -0.3 is 5.32 Å². The molecule has 1 saturated carbocycles. The highest BCUT2D eigenvalue weighted by Gasteiger charge is 2.29. The third kappa shape index (κ3) is 4.45. The van der Waals surface area contributed by atoms with E-state index in [0.717, 1.165) is 0 Å². The van der Waals surface area contributed by atoms with E-state index in [1.54, 1.807) is 0 Å². The molecular weight excluding hydrogens is 264 g/mol. The van der Waals surface area contributed by atoms with Crippen molar-refractivity contribution in [1.29, 1.82) is 0 Å². The van der Waals surface area contributed by atoms with E-state index in [-0.39, 0.29) is 23.5 Å². The fourth-order valence-electron chi connectivity index (χ4n) is 3.06. The maximum absolute atomic E-state index is 11.9. The Balaban J connectivity index is 1.74. The van der Waals surface area contributed by atoms with Crippen LogP contribution in [0, 0.1) is 0 Å². The molecule has 6 heteroatoms. The van der Waals surface area contributed by atoms with Gasteiger partial charge in [-0.3, -0.25) is 9.69 Å². The molecule has 1 atom stereocenters. The van der Waals surface area contributed by atoms with Crippen molar-refractivity contribution in [2.45, 2.75) is 50.6 Å². The van der Waals surface area contributed by atoms with Gasteiger partial charge in [0, 0.05) is 12.1 Å². The Morgan fingerprint density at radius 1 is 1.21 bits per heavy atom. The third-order valence-corrected chi connectivity index (χ3v) is 5.96. The lowest BCUT2D eigenvalue weighted by Crippen LogP contribution is -2.44. The monoisotopic (exact) mass is 288 g/mol. The number of amides is 1. The largest absolute Gasteiger partial charge is 0.351 e. The molecule has 0 bridgehead atoms. The third-order valence-electron chi connectivity index (χ3n) is 4.19. The van der Waals surface area contributed by atoms with Crippen LogP contribution in [0.25, 0.3) is 0 Å². The van der Waals surface area contributed by atoms with Crippen LogP contribution < -0.4 is 5.32 Å². The Hall–Kier alpha value is -0.620. The van der Waals surface area contributed by atoms with Crippen molar-refractivity contribution in [3.8, 4) is 0 Å². The number of hydrogen-bond donors (Lipinski definition) is 1. The van der Waals surface area contributed by atoms with Gasteiger partial charge in [0.25, 0.3) is 0 Å². The number of carbonyl (C=O) groups excluding carboxylic acids is 1. The lowest BCUT2D eigenvalue weighted by molar-refractivity contribution is -0.123. The van der Waals surface area contributed by atoms with E-state index >= 15 is 0 Å². The zero-order chi connectivity index (χ0) is 13.9. The Bertz CT molecular complexity index is 416. The van der Waals surface area contributed by atoms with Gasteiger partial charge in [-0.25, -0.2) is 8.42 Å². The average Bonchev–Trinajstić information content (AvgIpc) is 2.69. The molecule has 0 spiro atoms. The van der Waals surface area contributed by atoms with Crippen LogP contribution in [0.4, 0.5) is 0 Å². The molecule has 1 saturated heterocycles. The summed E-state index contributed by atoms with van der Waals surface area (Å²) >= 11 is 0. The van der Waals surface area contributed by atoms with Crippen molar-refractivity contribution >= 4 is 15.7 Å². The normalized spacial score (nSPS) is 27.6. The van der Waals surface area contributed by atoms with Gasteiger partial charge in [0.05, 0.1) is 18.1 Å². The molecule has 0 radical (unpaired) electrons. The summed E-state index contributed by atoms with van der Waals surface area (Å²) < 4.78 is 22.7. The average molecular weight is 288 g/mol. The quantitative estimate of drug-likeness (QED) is 0.820. The van der Waals surface area contributed by atoms with E-state index in [4.69, 9.17) is 0 Å². The zero-order valence-electron chi connectivity index (χ0n) is 11.6. The predicted molar refractivity (Wildman–Crippen MR) is 74.7 cm³/mol. The first-order chi connectivity index (χ1) is 8.96. The number of carbonyl (C=O) groups is 1. The van der Waals surface area contributed by atoms with Crippen LogP contribution in [0.1, 0.15) is 38.5 Å². The first-order valence-corrected chi connectivity index (χ1v) is 8.98. The molecule has 0 aromatic carbocycles. The molecule has 0 aromatic rings. The van der Waals surface area contributed by atoms with E-state index in [9.17, 15) is 13.2 Å². The minimum atomic E-state index is -2.92. The minimum absolute atomic E-state index is 0.0461. The summed E-state index contributed by atoms with van der Waals surface area (Å²) in [6.07, 6.45) is 6.69. The fourth-order valence-corrected chi connectivity index (χ4v) is 4.73. The van der Waals surface area contributed by atoms with E-state index in [1.807, 2.05) is 7.05 Å². The SMILES string of the molecule is CN(CC(=O)N[C@@H]1CCS(=O)(=O)C1)C1CCCCC1. The number of rotatable bonds is 4. The molecule has 19 heavy (non-hydrogen) atoms. The molecule has 2 fully saturated rings. The molecule has 1 amide bonds. The van der Waals surface area contributed by atoms with Crippen LogP contribution in [0.3, 0.4) is 0 Å². The molecule has 1 N–H and O–H groups in total. The fraction of sp³-hybridized carbons (Fsp3) is 0.923. The van der Waals surface area contributed by atoms with Crippen molar-refractivity contribution in [2.75, 3.05) is 25.1 Å². The van der Waals surface area contributed by atoms with Gasteiger partial charge in [-0.2, -0.15) is 0 Å². The van der Waals surface area contributed by atoms with Gasteiger partial charge in [-0.05, 0) is 26.3 Å². The molecule has 0 aromatic heterocycles. The summed E-state index contributed by atoms with van der Waals surface area (Å²) in [5, 5.41) is 2.84. The first kappa shape index (κ1) is 14.8. The highest BCUT2D eigenvalue weighted by molar-refractivity contribution is 7.91.